The van der Waals surface area contributed by atoms with Gasteiger partial charge in [-0.1, -0.05) is 0 Å². The fourth-order valence-corrected chi connectivity index (χ4v) is 1.57. The predicted octanol–water partition coefficient (Wildman–Crippen LogP) is 2.93. The molecule has 0 fully saturated rings. The van der Waals surface area contributed by atoms with Crippen LogP contribution in [0.2, 0.25) is 0 Å². The molecule has 0 saturated heterocycles. The molecule has 0 bridgehead atoms. The van der Waals surface area contributed by atoms with Crippen LogP contribution in [0.1, 0.15) is 13.3 Å². The summed E-state index contributed by atoms with van der Waals surface area (Å²) >= 11 is 0. The number of anilines is 1. The number of Topliss-reactive ketones (excluding diaryl/α,β-unsaturated/α-hetero) is 1. The lowest BCUT2D eigenvalue weighted by atomic mass is 10.3. The number of benzene rings is 1. The lowest BCUT2D eigenvalue weighted by molar-refractivity contribution is -0.124. The van der Waals surface area contributed by atoms with Crippen molar-refractivity contribution in [1.82, 2.24) is 4.98 Å². The van der Waals surface area contributed by atoms with E-state index in [4.69, 9.17) is 4.74 Å². The number of halogens is 1. The third kappa shape index (κ3) is 4.68. The molecule has 1 aromatic heterocycles. The second-order valence-corrected chi connectivity index (χ2v) is 4.37. The van der Waals surface area contributed by atoms with Gasteiger partial charge in [0.1, 0.15) is 17.3 Å². The molecule has 21 heavy (non-hydrogen) atoms. The monoisotopic (exact) mass is 288 g/mol. The first-order chi connectivity index (χ1) is 10.0. The van der Waals surface area contributed by atoms with E-state index in [9.17, 15) is 14.0 Å². The van der Waals surface area contributed by atoms with Gasteiger partial charge in [0.2, 0.25) is 11.8 Å². The van der Waals surface area contributed by atoms with Gasteiger partial charge in [0.25, 0.3) is 0 Å². The molecule has 1 amide bonds. The van der Waals surface area contributed by atoms with Crippen molar-refractivity contribution in [2.45, 2.75) is 13.3 Å². The van der Waals surface area contributed by atoms with Gasteiger partial charge in [0, 0.05) is 6.07 Å². The van der Waals surface area contributed by atoms with Gasteiger partial charge in [0.05, 0.1) is 18.3 Å². The average molecular weight is 288 g/mol. The molecule has 1 N–H and O–H groups in total. The van der Waals surface area contributed by atoms with Crippen molar-refractivity contribution in [3.05, 3.63) is 48.4 Å². The van der Waals surface area contributed by atoms with Crippen molar-refractivity contribution in [2.24, 2.45) is 0 Å². The van der Waals surface area contributed by atoms with Crippen LogP contribution in [0, 0.1) is 5.82 Å². The highest BCUT2D eigenvalue weighted by atomic mass is 19.1. The van der Waals surface area contributed by atoms with Crippen LogP contribution in [0.4, 0.5) is 10.1 Å². The Hall–Kier alpha value is -2.76. The zero-order chi connectivity index (χ0) is 15.2. The minimum atomic E-state index is -0.392. The molecule has 0 aliphatic carbocycles. The summed E-state index contributed by atoms with van der Waals surface area (Å²) in [5.41, 5.74) is 0.465. The van der Waals surface area contributed by atoms with Crippen LogP contribution in [0.3, 0.4) is 0 Å². The second kappa shape index (κ2) is 6.60. The highest BCUT2D eigenvalue weighted by molar-refractivity contribution is 6.03. The van der Waals surface area contributed by atoms with Crippen LogP contribution in [0.15, 0.2) is 42.6 Å². The first-order valence-corrected chi connectivity index (χ1v) is 6.22. The van der Waals surface area contributed by atoms with Gasteiger partial charge in [-0.2, -0.15) is 0 Å². The Kier molecular flexibility index (Phi) is 4.61. The fraction of sp³-hybridized carbons (Fsp3) is 0.133. The highest BCUT2D eigenvalue weighted by Gasteiger charge is 2.06. The number of nitrogens with zero attached hydrogens (tertiary/aromatic N) is 1. The summed E-state index contributed by atoms with van der Waals surface area (Å²) in [6.45, 7) is 1.34. The number of hydrogen-bond acceptors (Lipinski definition) is 4. The summed E-state index contributed by atoms with van der Waals surface area (Å²) in [5.74, 6) is -0.185. The third-order valence-corrected chi connectivity index (χ3v) is 2.47. The summed E-state index contributed by atoms with van der Waals surface area (Å²) in [5, 5.41) is 2.54. The molecule has 0 unspecified atom stereocenters. The Labute approximate surface area is 120 Å². The van der Waals surface area contributed by atoms with Crippen LogP contribution in [-0.4, -0.2) is 16.7 Å². The molecule has 2 aromatic rings. The Morgan fingerprint density at radius 1 is 1.19 bits per heavy atom. The number of nitrogens with one attached hydrogen (secondary N) is 1. The maximum absolute atomic E-state index is 12.8. The molecule has 6 heteroatoms. The third-order valence-electron chi connectivity index (χ3n) is 2.47. The molecule has 0 saturated carbocycles. The molecule has 5 nitrogen and oxygen atoms in total. The molecular weight excluding hydrogens is 275 g/mol. The number of ketones is 1. The van der Waals surface area contributed by atoms with Crippen LogP contribution < -0.4 is 10.1 Å². The lowest BCUT2D eigenvalue weighted by Crippen LogP contribution is -2.14. The summed E-state index contributed by atoms with van der Waals surface area (Å²) < 4.78 is 18.2. The summed E-state index contributed by atoms with van der Waals surface area (Å²) in [6.07, 6.45) is 1.24. The van der Waals surface area contributed by atoms with E-state index < -0.39 is 5.91 Å². The molecule has 2 rings (SSSR count). The Bertz CT molecular complexity index is 639. The summed E-state index contributed by atoms with van der Waals surface area (Å²) in [7, 11) is 0. The van der Waals surface area contributed by atoms with Crippen molar-refractivity contribution in [1.29, 1.82) is 0 Å². The van der Waals surface area contributed by atoms with Crippen molar-refractivity contribution in [2.75, 3.05) is 5.32 Å². The van der Waals surface area contributed by atoms with Gasteiger partial charge in [-0.25, -0.2) is 9.37 Å². The molecular formula is C15H13FN2O3. The number of carbonyl (C=O) groups excluding carboxylic acids is 2. The van der Waals surface area contributed by atoms with Crippen molar-refractivity contribution in [3.63, 3.8) is 0 Å². The van der Waals surface area contributed by atoms with Crippen molar-refractivity contribution >= 4 is 17.4 Å². The van der Waals surface area contributed by atoms with Crippen molar-refractivity contribution in [3.8, 4) is 11.6 Å². The fourth-order valence-electron chi connectivity index (χ4n) is 1.57. The average Bonchev–Trinajstić information content (AvgIpc) is 2.42. The second-order valence-electron chi connectivity index (χ2n) is 4.37. The quantitative estimate of drug-likeness (QED) is 0.859. The van der Waals surface area contributed by atoms with E-state index in [1.54, 1.807) is 12.1 Å². The van der Waals surface area contributed by atoms with E-state index in [2.05, 4.69) is 10.3 Å². The van der Waals surface area contributed by atoms with Gasteiger partial charge < -0.3 is 10.1 Å². The zero-order valence-corrected chi connectivity index (χ0v) is 11.3. The molecule has 0 atom stereocenters. The summed E-state index contributed by atoms with van der Waals surface area (Å²) in [4.78, 5) is 26.2. The minimum Gasteiger partial charge on any atom is -0.439 e. The van der Waals surface area contributed by atoms with Crippen LogP contribution in [0.25, 0.3) is 0 Å². The van der Waals surface area contributed by atoms with Crippen LogP contribution in [0.5, 0.6) is 11.6 Å². The zero-order valence-electron chi connectivity index (χ0n) is 11.3. The number of hydrogen-bond donors (Lipinski definition) is 1. The van der Waals surface area contributed by atoms with Gasteiger partial charge in [-0.3, -0.25) is 9.59 Å². The van der Waals surface area contributed by atoms with Crippen LogP contribution >= 0.6 is 0 Å². The number of ether oxygens (including phenoxy) is 1. The molecule has 1 aromatic carbocycles. The maximum atomic E-state index is 12.8. The number of aromatic nitrogens is 1. The standard InChI is InChI=1S/C15H13FN2O3/c1-10(19)8-14(20)18-12-4-7-15(17-9-12)21-13-5-2-11(16)3-6-13/h2-7,9H,8H2,1H3,(H,18,20). The lowest BCUT2D eigenvalue weighted by Gasteiger charge is -2.06. The highest BCUT2D eigenvalue weighted by Crippen LogP contribution is 2.20. The normalized spacial score (nSPS) is 10.0. The topological polar surface area (TPSA) is 68.3 Å². The van der Waals surface area contributed by atoms with E-state index in [0.29, 0.717) is 17.3 Å². The Balaban J connectivity index is 1.97. The van der Waals surface area contributed by atoms with Gasteiger partial charge in [-0.05, 0) is 37.3 Å². The first-order valence-electron chi connectivity index (χ1n) is 6.22. The molecule has 1 heterocycles. The van der Waals surface area contributed by atoms with E-state index >= 15 is 0 Å². The largest absolute Gasteiger partial charge is 0.439 e. The minimum absolute atomic E-state index is 0.173. The van der Waals surface area contributed by atoms with E-state index in [1.165, 1.54) is 37.4 Å². The smallest absolute Gasteiger partial charge is 0.231 e. The van der Waals surface area contributed by atoms with E-state index in [0.717, 1.165) is 0 Å². The maximum Gasteiger partial charge on any atom is 0.231 e. The molecule has 108 valence electrons. The van der Waals surface area contributed by atoms with Crippen LogP contribution in [-0.2, 0) is 9.59 Å². The van der Waals surface area contributed by atoms with Crippen molar-refractivity contribution < 1.29 is 18.7 Å². The molecule has 0 spiro atoms. The Morgan fingerprint density at radius 2 is 1.90 bits per heavy atom. The van der Waals surface area contributed by atoms with E-state index in [1.807, 2.05) is 0 Å². The number of rotatable bonds is 5. The molecule has 0 aliphatic heterocycles. The first kappa shape index (κ1) is 14.6. The van der Waals surface area contributed by atoms with E-state index in [-0.39, 0.29) is 18.0 Å². The summed E-state index contributed by atoms with van der Waals surface area (Å²) in [6, 6.07) is 8.70. The molecule has 0 radical (unpaired) electrons. The number of amides is 1. The number of carbonyl (C=O) groups is 2. The SMILES string of the molecule is CC(=O)CC(=O)Nc1ccc(Oc2ccc(F)cc2)nc1. The molecule has 0 aliphatic rings. The number of pyridine rings is 1. The van der Waals surface area contributed by atoms with Gasteiger partial charge in [0.15, 0.2) is 0 Å². The van der Waals surface area contributed by atoms with Gasteiger partial charge in [-0.15, -0.1) is 0 Å². The Morgan fingerprint density at radius 3 is 2.48 bits per heavy atom. The van der Waals surface area contributed by atoms with Gasteiger partial charge >= 0.3 is 0 Å². The predicted molar refractivity (Wildman–Crippen MR) is 74.6 cm³/mol.